The Morgan fingerprint density at radius 3 is 2.50 bits per heavy atom. The molecule has 0 aromatic rings. The van der Waals surface area contributed by atoms with Gasteiger partial charge in [0.25, 0.3) is 0 Å². The second kappa shape index (κ2) is 3.98. The number of carbonyl (C=O) groups excluding carboxylic acids is 1. The number of hydrogen-bond acceptors (Lipinski definition) is 2. The Labute approximate surface area is 57.9 Å². The molecule has 0 radical (unpaired) electrons. The van der Waals surface area contributed by atoms with Gasteiger partial charge in [0, 0.05) is 5.88 Å². The van der Waals surface area contributed by atoms with Gasteiger partial charge in [-0.1, -0.05) is 6.92 Å². The number of alkyl halides is 1. The highest BCUT2D eigenvalue weighted by Gasteiger charge is 2.11. The van der Waals surface area contributed by atoms with Gasteiger partial charge < -0.3 is 4.29 Å². The molecule has 0 aliphatic carbocycles. The minimum atomic E-state index is -0.485. The molecule has 8 heavy (non-hydrogen) atoms. The Balaban J connectivity index is 3.46. The molecule has 0 saturated carbocycles. The normalized spacial score (nSPS) is 12.9. The van der Waals surface area contributed by atoms with Gasteiger partial charge in [0.15, 0.2) is 0 Å². The third kappa shape index (κ3) is 2.38. The molecule has 0 bridgehead atoms. The summed E-state index contributed by atoms with van der Waals surface area (Å²) < 4.78 is 3.85. The minimum Gasteiger partial charge on any atom is -0.347 e. The van der Waals surface area contributed by atoms with Gasteiger partial charge in [0.1, 0.15) is 11.9 Å². The third-order valence-corrected chi connectivity index (χ3v) is 1.32. The van der Waals surface area contributed by atoms with Crippen LogP contribution in [0.2, 0.25) is 0 Å². The molecule has 0 aromatic carbocycles. The van der Waals surface area contributed by atoms with E-state index in [0.717, 1.165) is 0 Å². The van der Waals surface area contributed by atoms with Gasteiger partial charge in [-0.05, 0) is 0 Å². The van der Waals surface area contributed by atoms with E-state index in [1.807, 2.05) is 0 Å². The van der Waals surface area contributed by atoms with Gasteiger partial charge >= 0.3 is 5.97 Å². The molecule has 0 saturated heterocycles. The smallest absolute Gasteiger partial charge is 0.328 e. The molecule has 0 rings (SSSR count). The SMILES string of the molecule is CC(CCl)C(=O)OCl. The lowest BCUT2D eigenvalue weighted by atomic mass is 10.2. The van der Waals surface area contributed by atoms with Crippen LogP contribution in [0.5, 0.6) is 0 Å². The van der Waals surface area contributed by atoms with Crippen LogP contribution in [0.3, 0.4) is 0 Å². The molecular weight excluding hydrogens is 151 g/mol. The highest BCUT2D eigenvalue weighted by molar-refractivity contribution is 6.20. The van der Waals surface area contributed by atoms with E-state index in [4.69, 9.17) is 23.5 Å². The molecule has 0 aliphatic rings. The van der Waals surface area contributed by atoms with Crippen molar-refractivity contribution in [3.8, 4) is 0 Å². The molecule has 0 aliphatic heterocycles. The average molecular weight is 157 g/mol. The summed E-state index contributed by atoms with van der Waals surface area (Å²) in [5.41, 5.74) is 0. The van der Waals surface area contributed by atoms with Gasteiger partial charge in [-0.15, -0.1) is 11.6 Å². The second-order valence-corrected chi connectivity index (χ2v) is 1.91. The fourth-order valence-electron chi connectivity index (χ4n) is 0.139. The number of hydrogen-bond donors (Lipinski definition) is 0. The highest BCUT2D eigenvalue weighted by atomic mass is 35.5. The topological polar surface area (TPSA) is 26.3 Å². The lowest BCUT2D eigenvalue weighted by Gasteiger charge is -1.98. The molecule has 0 fully saturated rings. The molecule has 0 heterocycles. The van der Waals surface area contributed by atoms with Crippen molar-refractivity contribution in [2.24, 2.45) is 5.92 Å². The van der Waals surface area contributed by atoms with Crippen LogP contribution in [0.4, 0.5) is 0 Å². The standard InChI is InChI=1S/C4H6Cl2O2/c1-3(2-5)4(7)8-6/h3H,2H2,1H3. The van der Waals surface area contributed by atoms with E-state index in [2.05, 4.69) is 4.29 Å². The number of carbonyl (C=O) groups is 1. The largest absolute Gasteiger partial charge is 0.347 e. The van der Waals surface area contributed by atoms with E-state index < -0.39 is 5.97 Å². The summed E-state index contributed by atoms with van der Waals surface area (Å²) in [6.45, 7) is 1.64. The zero-order valence-corrected chi connectivity index (χ0v) is 5.87. The van der Waals surface area contributed by atoms with Crippen molar-refractivity contribution in [2.75, 3.05) is 5.88 Å². The zero-order valence-electron chi connectivity index (χ0n) is 4.36. The molecule has 48 valence electrons. The number of rotatable bonds is 2. The average Bonchev–Trinajstić information content (AvgIpc) is 1.84. The van der Waals surface area contributed by atoms with Crippen LogP contribution < -0.4 is 0 Å². The van der Waals surface area contributed by atoms with Crippen molar-refractivity contribution in [1.29, 1.82) is 0 Å². The van der Waals surface area contributed by atoms with Crippen molar-refractivity contribution in [1.82, 2.24) is 0 Å². The van der Waals surface area contributed by atoms with Gasteiger partial charge in [0.2, 0.25) is 0 Å². The van der Waals surface area contributed by atoms with E-state index in [1.165, 1.54) is 0 Å². The highest BCUT2D eigenvalue weighted by Crippen LogP contribution is 2.01. The third-order valence-electron chi connectivity index (χ3n) is 0.710. The number of halogens is 2. The molecule has 2 nitrogen and oxygen atoms in total. The van der Waals surface area contributed by atoms with E-state index in [-0.39, 0.29) is 11.8 Å². The summed E-state index contributed by atoms with van der Waals surface area (Å²) in [6.07, 6.45) is 0. The maximum absolute atomic E-state index is 10.3. The minimum absolute atomic E-state index is 0.242. The first-order valence-electron chi connectivity index (χ1n) is 2.10. The molecule has 0 amide bonds. The molecule has 4 heteroatoms. The van der Waals surface area contributed by atoms with Crippen LogP contribution in [-0.4, -0.2) is 11.8 Å². The van der Waals surface area contributed by atoms with Crippen LogP contribution in [0.15, 0.2) is 0 Å². The zero-order chi connectivity index (χ0) is 6.57. The second-order valence-electron chi connectivity index (χ2n) is 1.45. The lowest BCUT2D eigenvalue weighted by molar-refractivity contribution is -0.137. The Bertz CT molecular complexity index is 84.1. The van der Waals surface area contributed by atoms with Crippen LogP contribution >= 0.6 is 23.5 Å². The molecular formula is C4H6Cl2O2. The summed E-state index contributed by atoms with van der Waals surface area (Å²) in [5, 5.41) is 0. The van der Waals surface area contributed by atoms with Crippen molar-refractivity contribution >= 4 is 29.4 Å². The van der Waals surface area contributed by atoms with Crippen molar-refractivity contribution in [3.05, 3.63) is 0 Å². The van der Waals surface area contributed by atoms with E-state index in [1.54, 1.807) is 6.92 Å². The van der Waals surface area contributed by atoms with Gasteiger partial charge in [-0.3, -0.25) is 4.79 Å². The van der Waals surface area contributed by atoms with Crippen molar-refractivity contribution in [3.63, 3.8) is 0 Å². The Morgan fingerprint density at radius 2 is 2.38 bits per heavy atom. The summed E-state index contributed by atoms with van der Waals surface area (Å²) in [4.78, 5) is 10.3. The van der Waals surface area contributed by atoms with E-state index in [0.29, 0.717) is 0 Å². The predicted molar refractivity (Wildman–Crippen MR) is 31.8 cm³/mol. The van der Waals surface area contributed by atoms with Gasteiger partial charge in [-0.2, -0.15) is 0 Å². The van der Waals surface area contributed by atoms with E-state index in [9.17, 15) is 4.79 Å². The molecule has 1 unspecified atom stereocenters. The Hall–Kier alpha value is 0.0500. The summed E-state index contributed by atoms with van der Waals surface area (Å²) in [7, 11) is 0. The van der Waals surface area contributed by atoms with Crippen LogP contribution in [0.1, 0.15) is 6.92 Å². The summed E-state index contributed by atoms with van der Waals surface area (Å²) >= 11 is 9.98. The van der Waals surface area contributed by atoms with Crippen LogP contribution in [0.25, 0.3) is 0 Å². The summed E-state index contributed by atoms with van der Waals surface area (Å²) in [5.74, 6) is -0.554. The Morgan fingerprint density at radius 1 is 1.88 bits per heavy atom. The first-order valence-corrected chi connectivity index (χ1v) is 2.95. The van der Waals surface area contributed by atoms with Crippen LogP contribution in [-0.2, 0) is 9.08 Å². The molecule has 0 spiro atoms. The fourth-order valence-corrected chi connectivity index (χ4v) is 0.417. The maximum Gasteiger partial charge on any atom is 0.328 e. The van der Waals surface area contributed by atoms with E-state index >= 15 is 0 Å². The van der Waals surface area contributed by atoms with Crippen LogP contribution in [0, 0.1) is 5.92 Å². The fraction of sp³-hybridized carbons (Fsp3) is 0.750. The molecule has 1 atom stereocenters. The quantitative estimate of drug-likeness (QED) is 0.568. The first kappa shape index (κ1) is 8.05. The maximum atomic E-state index is 10.3. The van der Waals surface area contributed by atoms with Crippen molar-refractivity contribution in [2.45, 2.75) is 6.92 Å². The van der Waals surface area contributed by atoms with Gasteiger partial charge in [0.05, 0.1) is 5.92 Å². The van der Waals surface area contributed by atoms with Crippen molar-refractivity contribution < 1.29 is 9.08 Å². The lowest BCUT2D eigenvalue weighted by Crippen LogP contribution is -2.11. The molecule has 0 N–H and O–H groups in total. The summed E-state index contributed by atoms with van der Waals surface area (Å²) in [6, 6.07) is 0. The monoisotopic (exact) mass is 156 g/mol. The predicted octanol–water partition coefficient (Wildman–Crippen LogP) is 1.56. The van der Waals surface area contributed by atoms with Gasteiger partial charge in [-0.25, -0.2) is 0 Å². The first-order chi connectivity index (χ1) is 3.72. The molecule has 0 aromatic heterocycles. The Kier molecular flexibility index (Phi) is 4.01.